The second kappa shape index (κ2) is 15.3. The topological polar surface area (TPSA) is 203 Å². The Morgan fingerprint density at radius 3 is 2.13 bits per heavy atom. The molecule has 2 amide bonds. The first-order valence-corrected chi connectivity index (χ1v) is 14.4. The number of anilines is 1. The number of ether oxygens (including phenoxy) is 1. The molecule has 3 aromatic rings. The Kier molecular flexibility index (Phi) is 11.0. The van der Waals surface area contributed by atoms with Gasteiger partial charge in [0, 0.05) is 31.5 Å². The van der Waals surface area contributed by atoms with Crippen LogP contribution < -0.4 is 16.0 Å². The van der Waals surface area contributed by atoms with Gasteiger partial charge in [0.25, 0.3) is 11.4 Å². The number of nitrogens with zero attached hydrogens (tertiary/aromatic N) is 2. The molecule has 3 aromatic carbocycles. The van der Waals surface area contributed by atoms with Gasteiger partial charge in [-0.3, -0.25) is 25.0 Å². The number of nitrogens with one attached hydrogen (secondary N) is 3. The standard InChI is InChI=1S/C31H33N5O9/c37-29(33-17-7-1-6-16-32-26-13-12-20(35(41)42)18-28(26)36(43)44)15-14-27(30(38)39)34-31(40)45-19-25-23-10-4-2-8-21(23)22-9-3-5-11-24(22)25/h2-5,8-13,18,25,27,32H,1,6-7,14-17,19H2,(H,33,37)(H,34,40)(H,38,39)/t27-/m0/s1. The van der Waals surface area contributed by atoms with Crippen LogP contribution in [0.1, 0.15) is 49.1 Å². The molecule has 14 nitrogen and oxygen atoms in total. The number of hydrogen-bond donors (Lipinski definition) is 4. The number of amides is 2. The molecule has 4 rings (SSSR count). The second-order valence-electron chi connectivity index (χ2n) is 10.5. The predicted octanol–water partition coefficient (Wildman–Crippen LogP) is 4.97. The lowest BCUT2D eigenvalue weighted by Gasteiger charge is -2.17. The van der Waals surface area contributed by atoms with Crippen LogP contribution in [0.2, 0.25) is 0 Å². The summed E-state index contributed by atoms with van der Waals surface area (Å²) in [6, 6.07) is 17.8. The van der Waals surface area contributed by atoms with Gasteiger partial charge in [-0.05, 0) is 54.0 Å². The normalized spacial score (nSPS) is 12.4. The number of nitro groups is 2. The SMILES string of the molecule is O=C(CC[C@H](NC(=O)OCC1c2ccccc2-c2ccccc21)C(=O)O)NCCCCCNc1ccc([N+](=O)[O-])cc1[N+](=O)[O-]. The third kappa shape index (κ3) is 8.53. The third-order valence-corrected chi connectivity index (χ3v) is 7.47. The van der Waals surface area contributed by atoms with Crippen LogP contribution in [0.3, 0.4) is 0 Å². The molecule has 0 unspecified atom stereocenters. The number of nitro benzene ring substituents is 2. The maximum absolute atomic E-state index is 12.5. The number of carboxylic acids is 1. The maximum Gasteiger partial charge on any atom is 0.407 e. The molecule has 0 saturated carbocycles. The average Bonchev–Trinajstić information content (AvgIpc) is 3.34. The summed E-state index contributed by atoms with van der Waals surface area (Å²) in [6.07, 6.45) is 0.785. The first-order chi connectivity index (χ1) is 21.7. The van der Waals surface area contributed by atoms with Gasteiger partial charge >= 0.3 is 12.1 Å². The van der Waals surface area contributed by atoms with E-state index in [0.29, 0.717) is 32.4 Å². The summed E-state index contributed by atoms with van der Waals surface area (Å²) in [7, 11) is 0. The van der Waals surface area contributed by atoms with E-state index in [0.717, 1.165) is 28.3 Å². The van der Waals surface area contributed by atoms with Gasteiger partial charge in [0.05, 0.1) is 15.9 Å². The van der Waals surface area contributed by atoms with Crippen LogP contribution in [0.15, 0.2) is 66.7 Å². The van der Waals surface area contributed by atoms with Crippen LogP contribution in [0.4, 0.5) is 21.9 Å². The number of hydrogen-bond acceptors (Lipinski definition) is 9. The molecule has 0 spiro atoms. The van der Waals surface area contributed by atoms with Gasteiger partial charge in [-0.15, -0.1) is 0 Å². The molecule has 0 aliphatic heterocycles. The zero-order chi connectivity index (χ0) is 32.3. The zero-order valence-electron chi connectivity index (χ0n) is 24.3. The largest absolute Gasteiger partial charge is 0.480 e. The Labute approximate surface area is 258 Å². The monoisotopic (exact) mass is 619 g/mol. The van der Waals surface area contributed by atoms with Crippen molar-refractivity contribution in [2.75, 3.05) is 25.0 Å². The van der Waals surface area contributed by atoms with Gasteiger partial charge in [0.1, 0.15) is 18.3 Å². The van der Waals surface area contributed by atoms with Crippen molar-refractivity contribution in [3.8, 4) is 11.1 Å². The molecule has 0 bridgehead atoms. The number of carbonyl (C=O) groups is 3. The number of rotatable bonds is 16. The van der Waals surface area contributed by atoms with Crippen LogP contribution in [-0.2, 0) is 14.3 Å². The van der Waals surface area contributed by atoms with Gasteiger partial charge in [-0.25, -0.2) is 9.59 Å². The average molecular weight is 620 g/mol. The Morgan fingerprint density at radius 1 is 0.867 bits per heavy atom. The van der Waals surface area contributed by atoms with E-state index < -0.39 is 28.0 Å². The number of aliphatic carboxylic acids is 1. The molecule has 14 heteroatoms. The minimum atomic E-state index is -1.30. The number of non-ortho nitro benzene ring substituents is 1. The Morgan fingerprint density at radius 2 is 1.51 bits per heavy atom. The lowest BCUT2D eigenvalue weighted by Crippen LogP contribution is -2.42. The summed E-state index contributed by atoms with van der Waals surface area (Å²) < 4.78 is 5.42. The van der Waals surface area contributed by atoms with Crippen molar-refractivity contribution >= 4 is 35.0 Å². The molecule has 1 aliphatic carbocycles. The molecular formula is C31H33N5O9. The predicted molar refractivity (Wildman–Crippen MR) is 164 cm³/mol. The highest BCUT2D eigenvalue weighted by Crippen LogP contribution is 2.44. The van der Waals surface area contributed by atoms with Crippen molar-refractivity contribution in [2.45, 2.75) is 44.1 Å². The van der Waals surface area contributed by atoms with Crippen LogP contribution in [-0.4, -0.2) is 58.7 Å². The summed E-state index contributed by atoms with van der Waals surface area (Å²) in [5, 5.41) is 39.6. The molecular weight excluding hydrogens is 586 g/mol. The fraction of sp³-hybridized carbons (Fsp3) is 0.323. The minimum absolute atomic E-state index is 0.0347. The van der Waals surface area contributed by atoms with Crippen molar-refractivity contribution in [3.63, 3.8) is 0 Å². The van der Waals surface area contributed by atoms with Gasteiger partial charge in [0.15, 0.2) is 0 Å². The number of carbonyl (C=O) groups excluding carboxylic acids is 2. The number of fused-ring (bicyclic) bond motifs is 3. The van der Waals surface area contributed by atoms with Crippen molar-refractivity contribution in [3.05, 3.63) is 98.1 Å². The van der Waals surface area contributed by atoms with Crippen LogP contribution in [0, 0.1) is 20.2 Å². The first kappa shape index (κ1) is 32.4. The Bertz CT molecular complexity index is 1530. The highest BCUT2D eigenvalue weighted by molar-refractivity contribution is 5.82. The zero-order valence-corrected chi connectivity index (χ0v) is 24.3. The van der Waals surface area contributed by atoms with E-state index in [1.807, 2.05) is 48.5 Å². The highest BCUT2D eigenvalue weighted by Gasteiger charge is 2.30. The Balaban J connectivity index is 1.13. The number of carboxylic acid groups (broad SMARTS) is 1. The van der Waals surface area contributed by atoms with Crippen molar-refractivity contribution < 1.29 is 34.1 Å². The first-order valence-electron chi connectivity index (χ1n) is 14.4. The van der Waals surface area contributed by atoms with Gasteiger partial charge in [0.2, 0.25) is 5.91 Å². The molecule has 0 fully saturated rings. The fourth-order valence-electron chi connectivity index (χ4n) is 5.22. The van der Waals surface area contributed by atoms with Crippen LogP contribution >= 0.6 is 0 Å². The summed E-state index contributed by atoms with van der Waals surface area (Å²) in [4.78, 5) is 57.2. The molecule has 0 aromatic heterocycles. The summed E-state index contributed by atoms with van der Waals surface area (Å²) in [5.74, 6) is -1.82. The molecule has 0 saturated heterocycles. The number of benzene rings is 3. The summed E-state index contributed by atoms with van der Waals surface area (Å²) in [5.41, 5.74) is 3.63. The van der Waals surface area contributed by atoms with Crippen molar-refractivity contribution in [1.29, 1.82) is 0 Å². The lowest BCUT2D eigenvalue weighted by molar-refractivity contribution is -0.393. The van der Waals surface area contributed by atoms with Crippen LogP contribution in [0.25, 0.3) is 11.1 Å². The fourth-order valence-corrected chi connectivity index (χ4v) is 5.22. The van der Waals surface area contributed by atoms with Gasteiger partial charge < -0.3 is 25.8 Å². The van der Waals surface area contributed by atoms with Crippen LogP contribution in [0.5, 0.6) is 0 Å². The molecule has 4 N–H and O–H groups in total. The summed E-state index contributed by atoms with van der Waals surface area (Å²) in [6.45, 7) is 0.759. The van der Waals surface area contributed by atoms with E-state index >= 15 is 0 Å². The molecule has 1 atom stereocenters. The maximum atomic E-state index is 12.5. The number of alkyl carbamates (subject to hydrolysis) is 1. The number of unbranched alkanes of at least 4 members (excludes halogenated alkanes) is 2. The van der Waals surface area contributed by atoms with E-state index in [2.05, 4.69) is 16.0 Å². The smallest absolute Gasteiger partial charge is 0.407 e. The molecule has 1 aliphatic rings. The highest BCUT2D eigenvalue weighted by atomic mass is 16.6. The molecule has 45 heavy (non-hydrogen) atoms. The van der Waals surface area contributed by atoms with Crippen molar-refractivity contribution in [1.82, 2.24) is 10.6 Å². The summed E-state index contributed by atoms with van der Waals surface area (Å²) >= 11 is 0. The van der Waals surface area contributed by atoms with Gasteiger partial charge in [-0.2, -0.15) is 0 Å². The van der Waals surface area contributed by atoms with Gasteiger partial charge in [-0.1, -0.05) is 48.5 Å². The lowest BCUT2D eigenvalue weighted by atomic mass is 9.98. The quantitative estimate of drug-likeness (QED) is 0.0962. The van der Waals surface area contributed by atoms with E-state index in [-0.39, 0.29) is 48.3 Å². The van der Waals surface area contributed by atoms with E-state index in [1.54, 1.807) is 0 Å². The van der Waals surface area contributed by atoms with E-state index in [4.69, 9.17) is 4.74 Å². The molecule has 0 heterocycles. The minimum Gasteiger partial charge on any atom is -0.480 e. The van der Waals surface area contributed by atoms with E-state index in [9.17, 15) is 39.7 Å². The molecule has 236 valence electrons. The Hall–Kier alpha value is -5.53. The van der Waals surface area contributed by atoms with Crippen molar-refractivity contribution in [2.24, 2.45) is 0 Å². The second-order valence-corrected chi connectivity index (χ2v) is 10.5. The molecule has 0 radical (unpaired) electrons. The third-order valence-electron chi connectivity index (χ3n) is 7.47. The van der Waals surface area contributed by atoms with E-state index in [1.165, 1.54) is 12.1 Å².